The van der Waals surface area contributed by atoms with E-state index in [9.17, 15) is 5.11 Å². The highest BCUT2D eigenvalue weighted by atomic mass is 32.2. The summed E-state index contributed by atoms with van der Waals surface area (Å²) in [6.45, 7) is 6.22. The lowest BCUT2D eigenvalue weighted by atomic mass is 9.91. The number of β-amino-alcohol motifs (C(OH)–C–C–N with tert-alkyl or cyclic N) is 1. The van der Waals surface area contributed by atoms with E-state index < -0.39 is 5.60 Å². The van der Waals surface area contributed by atoms with Gasteiger partial charge in [0.05, 0.1) is 5.60 Å². The van der Waals surface area contributed by atoms with Crippen molar-refractivity contribution in [1.82, 2.24) is 10.2 Å². The van der Waals surface area contributed by atoms with Gasteiger partial charge in [-0.3, -0.25) is 4.90 Å². The normalized spacial score (nSPS) is 32.8. The van der Waals surface area contributed by atoms with Crippen LogP contribution in [0.2, 0.25) is 0 Å². The number of thioether (sulfide) groups is 1. The van der Waals surface area contributed by atoms with E-state index in [-0.39, 0.29) is 0 Å². The van der Waals surface area contributed by atoms with Crippen molar-refractivity contribution in [2.45, 2.75) is 31.4 Å². The third-order valence-electron chi connectivity index (χ3n) is 3.54. The number of aliphatic hydroxyl groups is 1. The molecule has 2 saturated heterocycles. The van der Waals surface area contributed by atoms with E-state index in [1.807, 2.05) is 11.8 Å². The molecule has 0 saturated carbocycles. The number of nitrogens with one attached hydrogen (secondary N) is 1. The molecule has 1 atom stereocenters. The zero-order chi connectivity index (χ0) is 10.7. The summed E-state index contributed by atoms with van der Waals surface area (Å²) in [5, 5.41) is 13.8. The number of nitrogens with zero attached hydrogens (tertiary/aromatic N) is 1. The fourth-order valence-electron chi connectivity index (χ4n) is 2.42. The Balaban J connectivity index is 1.88. The van der Waals surface area contributed by atoms with Crippen LogP contribution in [0.1, 0.15) is 19.8 Å². The predicted octanol–water partition coefficient (Wildman–Crippen LogP) is 0.538. The molecule has 4 heteroatoms. The highest BCUT2D eigenvalue weighted by molar-refractivity contribution is 7.99. The maximum Gasteiger partial charge on any atom is 0.0798 e. The fraction of sp³-hybridized carbons (Fsp3) is 1.00. The predicted molar refractivity (Wildman–Crippen MR) is 65.4 cm³/mol. The van der Waals surface area contributed by atoms with Gasteiger partial charge in [-0.25, -0.2) is 0 Å². The Kier molecular flexibility index (Phi) is 3.93. The molecule has 0 radical (unpaired) electrons. The summed E-state index contributed by atoms with van der Waals surface area (Å²) in [5.41, 5.74) is -0.429. The van der Waals surface area contributed by atoms with Crippen molar-refractivity contribution >= 4 is 11.8 Å². The summed E-state index contributed by atoms with van der Waals surface area (Å²) in [5.74, 6) is 2.44. The SMILES string of the molecule is CC1CSCCN1CC1(O)CCNCC1. The van der Waals surface area contributed by atoms with Crippen molar-refractivity contribution in [3.8, 4) is 0 Å². The van der Waals surface area contributed by atoms with Gasteiger partial charge < -0.3 is 10.4 Å². The summed E-state index contributed by atoms with van der Waals surface area (Å²) in [7, 11) is 0. The zero-order valence-electron chi connectivity index (χ0n) is 9.54. The van der Waals surface area contributed by atoms with Crippen LogP contribution in [0.15, 0.2) is 0 Å². The lowest BCUT2D eigenvalue weighted by Gasteiger charge is -2.41. The first-order valence-electron chi connectivity index (χ1n) is 5.94. The van der Waals surface area contributed by atoms with Gasteiger partial charge in [0.15, 0.2) is 0 Å². The van der Waals surface area contributed by atoms with E-state index in [1.54, 1.807) is 0 Å². The molecule has 3 nitrogen and oxygen atoms in total. The highest BCUT2D eigenvalue weighted by Crippen LogP contribution is 2.23. The minimum atomic E-state index is -0.429. The van der Waals surface area contributed by atoms with Gasteiger partial charge in [-0.1, -0.05) is 0 Å². The Hall–Kier alpha value is 0.230. The van der Waals surface area contributed by atoms with Crippen molar-refractivity contribution in [1.29, 1.82) is 0 Å². The molecular formula is C11H22N2OS. The molecule has 2 fully saturated rings. The van der Waals surface area contributed by atoms with Crippen LogP contribution in [0.5, 0.6) is 0 Å². The molecule has 0 spiro atoms. The molecule has 15 heavy (non-hydrogen) atoms. The average molecular weight is 230 g/mol. The molecule has 2 N–H and O–H groups in total. The number of hydrogen-bond acceptors (Lipinski definition) is 4. The number of rotatable bonds is 2. The third-order valence-corrected chi connectivity index (χ3v) is 4.73. The van der Waals surface area contributed by atoms with Crippen LogP contribution >= 0.6 is 11.8 Å². The summed E-state index contributed by atoms with van der Waals surface area (Å²) in [6, 6.07) is 0.627. The molecule has 88 valence electrons. The molecule has 0 aliphatic carbocycles. The van der Waals surface area contributed by atoms with Gasteiger partial charge in [-0.05, 0) is 32.9 Å². The fourth-order valence-corrected chi connectivity index (χ4v) is 3.51. The first kappa shape index (κ1) is 11.7. The summed E-state index contributed by atoms with van der Waals surface area (Å²) in [4.78, 5) is 2.46. The Morgan fingerprint density at radius 3 is 2.87 bits per heavy atom. The first-order chi connectivity index (χ1) is 7.20. The van der Waals surface area contributed by atoms with Crippen LogP contribution in [-0.2, 0) is 0 Å². The Morgan fingerprint density at radius 2 is 2.20 bits per heavy atom. The van der Waals surface area contributed by atoms with Crippen LogP contribution in [0.4, 0.5) is 0 Å². The molecular weight excluding hydrogens is 208 g/mol. The molecule has 2 rings (SSSR count). The quantitative estimate of drug-likeness (QED) is 0.726. The Morgan fingerprint density at radius 1 is 1.47 bits per heavy atom. The third kappa shape index (κ3) is 3.09. The van der Waals surface area contributed by atoms with Gasteiger partial charge in [-0.15, -0.1) is 0 Å². The Bertz CT molecular complexity index is 207. The van der Waals surface area contributed by atoms with Gasteiger partial charge >= 0.3 is 0 Å². The number of piperidine rings is 1. The van der Waals surface area contributed by atoms with Gasteiger partial charge in [0.1, 0.15) is 0 Å². The Labute approximate surface area is 96.6 Å². The molecule has 2 aliphatic heterocycles. The van der Waals surface area contributed by atoms with Crippen molar-refractivity contribution in [2.75, 3.05) is 37.7 Å². The van der Waals surface area contributed by atoms with E-state index in [0.717, 1.165) is 39.0 Å². The van der Waals surface area contributed by atoms with Crippen LogP contribution < -0.4 is 5.32 Å². The maximum atomic E-state index is 10.5. The van der Waals surface area contributed by atoms with Crippen LogP contribution in [0, 0.1) is 0 Å². The van der Waals surface area contributed by atoms with Gasteiger partial charge in [0, 0.05) is 30.6 Å². The minimum absolute atomic E-state index is 0.429. The van der Waals surface area contributed by atoms with Crippen molar-refractivity contribution in [3.63, 3.8) is 0 Å². The molecule has 2 aliphatic rings. The van der Waals surface area contributed by atoms with Crippen LogP contribution in [0.25, 0.3) is 0 Å². The smallest absolute Gasteiger partial charge is 0.0798 e. The van der Waals surface area contributed by atoms with E-state index in [0.29, 0.717) is 6.04 Å². The van der Waals surface area contributed by atoms with Crippen molar-refractivity contribution in [2.24, 2.45) is 0 Å². The second kappa shape index (κ2) is 5.04. The topological polar surface area (TPSA) is 35.5 Å². The minimum Gasteiger partial charge on any atom is -0.388 e. The van der Waals surface area contributed by atoms with Crippen LogP contribution in [0.3, 0.4) is 0 Å². The van der Waals surface area contributed by atoms with Crippen molar-refractivity contribution in [3.05, 3.63) is 0 Å². The molecule has 0 bridgehead atoms. The maximum absolute atomic E-state index is 10.5. The van der Waals surface area contributed by atoms with E-state index in [2.05, 4.69) is 17.1 Å². The molecule has 1 unspecified atom stereocenters. The lowest BCUT2D eigenvalue weighted by molar-refractivity contribution is -0.0265. The molecule has 0 aromatic rings. The number of hydrogen-bond donors (Lipinski definition) is 2. The summed E-state index contributed by atoms with van der Waals surface area (Å²) >= 11 is 2.03. The van der Waals surface area contributed by atoms with Crippen molar-refractivity contribution < 1.29 is 5.11 Å². The monoisotopic (exact) mass is 230 g/mol. The molecule has 0 amide bonds. The second-order valence-corrected chi connectivity index (χ2v) is 6.02. The molecule has 0 aromatic carbocycles. The van der Waals surface area contributed by atoms with Gasteiger partial charge in [0.2, 0.25) is 0 Å². The zero-order valence-corrected chi connectivity index (χ0v) is 10.4. The highest BCUT2D eigenvalue weighted by Gasteiger charge is 2.33. The summed E-state index contributed by atoms with van der Waals surface area (Å²) in [6.07, 6.45) is 1.81. The molecule has 0 aromatic heterocycles. The largest absolute Gasteiger partial charge is 0.388 e. The van der Waals surface area contributed by atoms with E-state index in [1.165, 1.54) is 11.5 Å². The molecule has 2 heterocycles. The average Bonchev–Trinajstić information content (AvgIpc) is 2.22. The van der Waals surface area contributed by atoms with Gasteiger partial charge in [-0.2, -0.15) is 11.8 Å². The second-order valence-electron chi connectivity index (χ2n) is 4.87. The van der Waals surface area contributed by atoms with E-state index in [4.69, 9.17) is 0 Å². The standard InChI is InChI=1S/C11H22N2OS/c1-10-8-15-7-6-13(10)9-11(14)2-4-12-5-3-11/h10,12,14H,2-9H2,1H3. The van der Waals surface area contributed by atoms with Crippen LogP contribution in [-0.4, -0.2) is 59.3 Å². The first-order valence-corrected chi connectivity index (χ1v) is 7.10. The van der Waals surface area contributed by atoms with Gasteiger partial charge in [0.25, 0.3) is 0 Å². The lowest BCUT2D eigenvalue weighted by Crippen LogP contribution is -2.53. The summed E-state index contributed by atoms with van der Waals surface area (Å²) < 4.78 is 0. The van der Waals surface area contributed by atoms with E-state index >= 15 is 0 Å².